The van der Waals surface area contributed by atoms with E-state index in [0.29, 0.717) is 51.4 Å². The summed E-state index contributed by atoms with van der Waals surface area (Å²) in [5.74, 6) is 0.518. The molecule has 0 spiro atoms. The number of methoxy groups -OCH3 is 2. The molecule has 0 saturated carbocycles. The van der Waals surface area contributed by atoms with E-state index in [2.05, 4.69) is 5.32 Å². The molecule has 2 amide bonds. The van der Waals surface area contributed by atoms with E-state index in [9.17, 15) is 9.59 Å². The summed E-state index contributed by atoms with van der Waals surface area (Å²) in [4.78, 5) is 26.3. The molecule has 0 radical (unpaired) electrons. The summed E-state index contributed by atoms with van der Waals surface area (Å²) in [7, 11) is 3.00. The van der Waals surface area contributed by atoms with Gasteiger partial charge < -0.3 is 19.7 Å². The lowest BCUT2D eigenvalue weighted by molar-refractivity contribution is -0.117. The summed E-state index contributed by atoms with van der Waals surface area (Å²) in [5.41, 5.74) is 1.28. The largest absolute Gasteiger partial charge is 0.493 e. The highest BCUT2D eigenvalue weighted by atomic mass is 35.5. The second kappa shape index (κ2) is 8.06. The first kappa shape index (κ1) is 19.3. The van der Waals surface area contributed by atoms with Crippen LogP contribution in [-0.4, -0.2) is 32.6 Å². The number of carbonyl (C=O) groups is 2. The van der Waals surface area contributed by atoms with E-state index >= 15 is 0 Å². The van der Waals surface area contributed by atoms with E-state index in [1.807, 2.05) is 0 Å². The summed E-state index contributed by atoms with van der Waals surface area (Å²) in [6.45, 7) is 0.588. The van der Waals surface area contributed by atoms with Gasteiger partial charge in [0.15, 0.2) is 11.5 Å². The Morgan fingerprint density at radius 3 is 2.41 bits per heavy atom. The molecule has 1 heterocycles. The standard InChI is InChI=1S/C19H18Cl2N2O4/c1-26-16-9-13(21)14(10-17(16)27-2)22-19(25)11-5-6-12(20)15(8-11)23-7-3-4-18(23)24/h5-6,8-10H,3-4,7H2,1-2H3,(H,22,25). The molecule has 6 nitrogen and oxygen atoms in total. The van der Waals surface area contributed by atoms with E-state index in [-0.39, 0.29) is 11.8 Å². The van der Waals surface area contributed by atoms with E-state index in [4.69, 9.17) is 32.7 Å². The van der Waals surface area contributed by atoms with Gasteiger partial charge in [-0.1, -0.05) is 23.2 Å². The molecule has 0 bridgehead atoms. The van der Waals surface area contributed by atoms with Crippen molar-refractivity contribution in [1.82, 2.24) is 0 Å². The molecular formula is C19H18Cl2N2O4. The predicted molar refractivity (Wildman–Crippen MR) is 106 cm³/mol. The first-order valence-electron chi connectivity index (χ1n) is 8.27. The number of carbonyl (C=O) groups excluding carboxylic acids is 2. The first-order chi connectivity index (χ1) is 12.9. The number of anilines is 2. The van der Waals surface area contributed by atoms with Crippen LogP contribution in [0.25, 0.3) is 0 Å². The Labute approximate surface area is 167 Å². The number of benzene rings is 2. The topological polar surface area (TPSA) is 67.9 Å². The lowest BCUT2D eigenvalue weighted by Gasteiger charge is -2.18. The fourth-order valence-corrected chi connectivity index (χ4v) is 3.33. The fourth-order valence-electron chi connectivity index (χ4n) is 2.91. The van der Waals surface area contributed by atoms with E-state index in [0.717, 1.165) is 6.42 Å². The maximum atomic E-state index is 12.7. The quantitative estimate of drug-likeness (QED) is 0.796. The highest BCUT2D eigenvalue weighted by molar-refractivity contribution is 6.35. The Morgan fingerprint density at radius 2 is 1.78 bits per heavy atom. The zero-order chi connectivity index (χ0) is 19.6. The monoisotopic (exact) mass is 408 g/mol. The third kappa shape index (κ3) is 3.96. The van der Waals surface area contributed by atoms with Crippen LogP contribution in [0.5, 0.6) is 11.5 Å². The van der Waals surface area contributed by atoms with Crippen LogP contribution in [0.1, 0.15) is 23.2 Å². The van der Waals surface area contributed by atoms with E-state index in [1.165, 1.54) is 14.2 Å². The molecule has 27 heavy (non-hydrogen) atoms. The number of halogens is 2. The summed E-state index contributed by atoms with van der Waals surface area (Å²) in [6.07, 6.45) is 1.25. The highest BCUT2D eigenvalue weighted by Gasteiger charge is 2.24. The summed E-state index contributed by atoms with van der Waals surface area (Å²) in [6, 6.07) is 7.95. The van der Waals surface area contributed by atoms with Gasteiger partial charge in [0.2, 0.25) is 5.91 Å². The molecule has 0 aliphatic carbocycles. The summed E-state index contributed by atoms with van der Waals surface area (Å²) >= 11 is 12.5. The second-order valence-corrected chi connectivity index (χ2v) is 6.77. The molecule has 0 aromatic heterocycles. The lowest BCUT2D eigenvalue weighted by Crippen LogP contribution is -2.24. The third-order valence-electron chi connectivity index (χ3n) is 4.29. The number of hydrogen-bond donors (Lipinski definition) is 1. The number of nitrogens with one attached hydrogen (secondary N) is 1. The van der Waals surface area contributed by atoms with Gasteiger partial charge in [-0.25, -0.2) is 0 Å². The van der Waals surface area contributed by atoms with E-state index < -0.39 is 0 Å². The van der Waals surface area contributed by atoms with Crippen LogP contribution >= 0.6 is 23.2 Å². The van der Waals surface area contributed by atoms with Crippen LogP contribution in [0.3, 0.4) is 0 Å². The Bertz CT molecular complexity index is 902. The lowest BCUT2D eigenvalue weighted by atomic mass is 10.1. The minimum absolute atomic E-state index is 0.00241. The summed E-state index contributed by atoms with van der Waals surface area (Å²) < 4.78 is 10.4. The summed E-state index contributed by atoms with van der Waals surface area (Å²) in [5, 5.41) is 3.48. The van der Waals surface area contributed by atoms with Crippen molar-refractivity contribution in [2.24, 2.45) is 0 Å². The molecule has 1 saturated heterocycles. The molecule has 2 aromatic rings. The van der Waals surface area contributed by atoms with Crippen LogP contribution in [0.15, 0.2) is 30.3 Å². The molecule has 1 aliphatic rings. The minimum atomic E-state index is -0.381. The Balaban J connectivity index is 1.88. The molecule has 1 fully saturated rings. The van der Waals surface area contributed by atoms with Crippen LogP contribution < -0.4 is 19.7 Å². The van der Waals surface area contributed by atoms with Gasteiger partial charge in [-0.2, -0.15) is 0 Å². The maximum Gasteiger partial charge on any atom is 0.255 e. The van der Waals surface area contributed by atoms with Crippen molar-refractivity contribution in [1.29, 1.82) is 0 Å². The first-order valence-corrected chi connectivity index (χ1v) is 9.03. The Morgan fingerprint density at radius 1 is 1.07 bits per heavy atom. The third-order valence-corrected chi connectivity index (χ3v) is 4.93. The van der Waals surface area contributed by atoms with Crippen molar-refractivity contribution in [2.75, 3.05) is 31.0 Å². The van der Waals surface area contributed by atoms with E-state index in [1.54, 1.807) is 35.2 Å². The van der Waals surface area contributed by atoms with Crippen LogP contribution in [-0.2, 0) is 4.79 Å². The zero-order valence-corrected chi connectivity index (χ0v) is 16.4. The van der Waals surface area contributed by atoms with Gasteiger partial charge in [-0.15, -0.1) is 0 Å². The molecular weight excluding hydrogens is 391 g/mol. The molecule has 1 aliphatic heterocycles. The molecule has 3 rings (SSSR count). The highest BCUT2D eigenvalue weighted by Crippen LogP contribution is 2.36. The number of rotatable bonds is 5. The van der Waals surface area contributed by atoms with Crippen LogP contribution in [0, 0.1) is 0 Å². The van der Waals surface area contributed by atoms with Crippen LogP contribution in [0.4, 0.5) is 11.4 Å². The molecule has 8 heteroatoms. The SMILES string of the molecule is COc1cc(Cl)c(NC(=O)c2ccc(Cl)c(N3CCCC3=O)c2)cc1OC. The molecule has 142 valence electrons. The average Bonchev–Trinajstić information content (AvgIpc) is 3.09. The Hall–Kier alpha value is -2.44. The van der Waals surface area contributed by atoms with Gasteiger partial charge in [-0.3, -0.25) is 9.59 Å². The van der Waals surface area contributed by atoms with Crippen LogP contribution in [0.2, 0.25) is 10.0 Å². The number of ether oxygens (including phenoxy) is 2. The number of amides is 2. The molecule has 2 aromatic carbocycles. The predicted octanol–water partition coefficient (Wildman–Crippen LogP) is 4.39. The number of hydrogen-bond acceptors (Lipinski definition) is 4. The second-order valence-electron chi connectivity index (χ2n) is 5.96. The van der Waals surface area contributed by atoms with Crippen molar-refractivity contribution in [3.8, 4) is 11.5 Å². The maximum absolute atomic E-state index is 12.7. The van der Waals surface area contributed by atoms with Gasteiger partial charge >= 0.3 is 0 Å². The van der Waals surface area contributed by atoms with Crippen molar-refractivity contribution in [3.05, 3.63) is 45.9 Å². The van der Waals surface area contributed by atoms with Crippen molar-refractivity contribution < 1.29 is 19.1 Å². The fraction of sp³-hybridized carbons (Fsp3) is 0.263. The minimum Gasteiger partial charge on any atom is -0.493 e. The molecule has 0 unspecified atom stereocenters. The molecule has 0 atom stereocenters. The Kier molecular flexibility index (Phi) is 5.77. The number of nitrogens with zero attached hydrogens (tertiary/aromatic N) is 1. The van der Waals surface area contributed by atoms with Gasteiger partial charge in [0.05, 0.1) is 35.6 Å². The van der Waals surface area contributed by atoms with Crippen molar-refractivity contribution >= 4 is 46.4 Å². The van der Waals surface area contributed by atoms with Gasteiger partial charge in [-0.05, 0) is 24.6 Å². The molecule has 1 N–H and O–H groups in total. The average molecular weight is 409 g/mol. The van der Waals surface area contributed by atoms with Gasteiger partial charge in [0, 0.05) is 30.7 Å². The smallest absolute Gasteiger partial charge is 0.255 e. The van der Waals surface area contributed by atoms with Gasteiger partial charge in [0.1, 0.15) is 0 Å². The van der Waals surface area contributed by atoms with Crippen molar-refractivity contribution in [3.63, 3.8) is 0 Å². The zero-order valence-electron chi connectivity index (χ0n) is 14.8. The van der Waals surface area contributed by atoms with Crippen molar-refractivity contribution in [2.45, 2.75) is 12.8 Å². The van der Waals surface area contributed by atoms with Gasteiger partial charge in [0.25, 0.3) is 5.91 Å². The normalized spacial score (nSPS) is 13.6.